The first kappa shape index (κ1) is 15.4. The molecule has 0 fully saturated rings. The average molecular weight is 332 g/mol. The smallest absolute Gasteiger partial charge is 0.221 e. The van der Waals surface area contributed by atoms with E-state index in [4.69, 9.17) is 0 Å². The molecule has 1 aliphatic heterocycles. The van der Waals surface area contributed by atoms with E-state index in [1.807, 2.05) is 72.2 Å². The maximum atomic E-state index is 13.0. The predicted octanol–water partition coefficient (Wildman–Crippen LogP) is 3.16. The van der Waals surface area contributed by atoms with Gasteiger partial charge in [0.15, 0.2) is 5.82 Å². The molecule has 0 aliphatic carbocycles. The number of nitrogens with one attached hydrogen (secondary N) is 1. The van der Waals surface area contributed by atoms with E-state index in [1.165, 1.54) is 5.56 Å². The molecule has 4 rings (SSSR count). The number of hydrogen-bond donors (Lipinski definition) is 1. The van der Waals surface area contributed by atoms with E-state index in [1.54, 1.807) is 6.20 Å². The summed E-state index contributed by atoms with van der Waals surface area (Å²) in [6.45, 7) is 0. The van der Waals surface area contributed by atoms with Crippen molar-refractivity contribution < 1.29 is 4.79 Å². The molecule has 1 aliphatic rings. The summed E-state index contributed by atoms with van der Waals surface area (Å²) < 4.78 is 1.85. The maximum absolute atomic E-state index is 13.0. The van der Waals surface area contributed by atoms with Crippen LogP contribution in [0.4, 0.5) is 11.4 Å². The molecule has 25 heavy (non-hydrogen) atoms. The van der Waals surface area contributed by atoms with Crippen molar-refractivity contribution in [3.63, 3.8) is 0 Å². The number of aromatic nitrogens is 2. The van der Waals surface area contributed by atoms with Gasteiger partial charge in [0.1, 0.15) is 0 Å². The van der Waals surface area contributed by atoms with Crippen molar-refractivity contribution in [2.45, 2.75) is 12.5 Å². The largest absolute Gasteiger partial charge is 0.378 e. The van der Waals surface area contributed by atoms with Crippen LogP contribution in [0.5, 0.6) is 0 Å². The summed E-state index contributed by atoms with van der Waals surface area (Å²) in [7, 11) is 4.01. The van der Waals surface area contributed by atoms with Gasteiger partial charge < -0.3 is 10.2 Å². The minimum atomic E-state index is -0.264. The van der Waals surface area contributed by atoms with E-state index in [2.05, 4.69) is 16.4 Å². The van der Waals surface area contributed by atoms with Gasteiger partial charge >= 0.3 is 0 Å². The Labute approximate surface area is 146 Å². The molecule has 0 spiro atoms. The maximum Gasteiger partial charge on any atom is 0.221 e. The molecule has 0 amide bonds. The molecule has 1 unspecified atom stereocenters. The van der Waals surface area contributed by atoms with Gasteiger partial charge in [-0.15, -0.1) is 0 Å². The fraction of sp³-hybridized carbons (Fsp3) is 0.200. The first-order valence-corrected chi connectivity index (χ1v) is 8.33. The molecule has 1 atom stereocenters. The molecule has 0 bridgehead atoms. The SMILES string of the molecule is CN(C)c1ccc(-n2ccnc2C(=O)C2Cc3ccccc3N2)cc1. The number of nitrogens with zero attached hydrogens (tertiary/aromatic N) is 3. The quantitative estimate of drug-likeness (QED) is 0.746. The Bertz CT molecular complexity index is 886. The van der Waals surface area contributed by atoms with Crippen LogP contribution in [0.15, 0.2) is 60.9 Å². The lowest BCUT2D eigenvalue weighted by atomic mass is 10.1. The van der Waals surface area contributed by atoms with Crippen LogP contribution >= 0.6 is 0 Å². The zero-order valence-electron chi connectivity index (χ0n) is 14.3. The second-order valence-electron chi connectivity index (χ2n) is 6.45. The van der Waals surface area contributed by atoms with E-state index in [-0.39, 0.29) is 11.8 Å². The molecule has 1 N–H and O–H groups in total. The summed E-state index contributed by atoms with van der Waals surface area (Å²) in [5, 5.41) is 3.32. The lowest BCUT2D eigenvalue weighted by Gasteiger charge is -2.15. The Hall–Kier alpha value is -3.08. The number of fused-ring (bicyclic) bond motifs is 1. The fourth-order valence-corrected chi connectivity index (χ4v) is 3.22. The number of benzene rings is 2. The number of ketones is 1. The van der Waals surface area contributed by atoms with Crippen molar-refractivity contribution in [3.8, 4) is 5.69 Å². The van der Waals surface area contributed by atoms with E-state index < -0.39 is 0 Å². The lowest BCUT2D eigenvalue weighted by molar-refractivity contribution is 0.0960. The third-order valence-corrected chi connectivity index (χ3v) is 4.59. The number of carbonyl (C=O) groups is 1. The normalized spacial score (nSPS) is 15.5. The Balaban J connectivity index is 1.61. The zero-order chi connectivity index (χ0) is 17.4. The minimum Gasteiger partial charge on any atom is -0.378 e. The third kappa shape index (κ3) is 2.78. The van der Waals surface area contributed by atoms with Crippen molar-refractivity contribution in [1.82, 2.24) is 9.55 Å². The topological polar surface area (TPSA) is 50.2 Å². The lowest BCUT2D eigenvalue weighted by Crippen LogP contribution is -2.29. The molecule has 5 nitrogen and oxygen atoms in total. The van der Waals surface area contributed by atoms with E-state index in [0.717, 1.165) is 17.1 Å². The summed E-state index contributed by atoms with van der Waals surface area (Å²) in [5.74, 6) is 0.473. The molecule has 3 aromatic rings. The summed E-state index contributed by atoms with van der Waals surface area (Å²) in [4.78, 5) is 19.4. The van der Waals surface area contributed by atoms with E-state index in [0.29, 0.717) is 12.2 Å². The highest BCUT2D eigenvalue weighted by Gasteiger charge is 2.29. The van der Waals surface area contributed by atoms with Gasteiger partial charge in [-0.1, -0.05) is 18.2 Å². The molecule has 0 saturated carbocycles. The van der Waals surface area contributed by atoms with Crippen LogP contribution in [0.2, 0.25) is 0 Å². The number of anilines is 2. The highest BCUT2D eigenvalue weighted by molar-refractivity contribution is 6.00. The highest BCUT2D eigenvalue weighted by Crippen LogP contribution is 2.27. The van der Waals surface area contributed by atoms with Crippen molar-refractivity contribution in [1.29, 1.82) is 0 Å². The van der Waals surface area contributed by atoms with Gasteiger partial charge in [0, 0.05) is 50.0 Å². The molecule has 5 heteroatoms. The second kappa shape index (κ2) is 6.09. The van der Waals surface area contributed by atoms with Crippen molar-refractivity contribution >= 4 is 17.2 Å². The molecular formula is C20H20N4O. The van der Waals surface area contributed by atoms with Crippen LogP contribution < -0.4 is 10.2 Å². The van der Waals surface area contributed by atoms with Crippen LogP contribution in [-0.4, -0.2) is 35.5 Å². The van der Waals surface area contributed by atoms with Gasteiger partial charge in [0.2, 0.25) is 5.78 Å². The molecule has 1 aromatic heterocycles. The summed E-state index contributed by atoms with van der Waals surface area (Å²) in [5.41, 5.74) is 4.26. The Morgan fingerprint density at radius 1 is 1.16 bits per heavy atom. The predicted molar refractivity (Wildman–Crippen MR) is 99.8 cm³/mol. The van der Waals surface area contributed by atoms with Crippen molar-refractivity contribution in [2.24, 2.45) is 0 Å². The van der Waals surface area contributed by atoms with Crippen molar-refractivity contribution in [2.75, 3.05) is 24.3 Å². The molecule has 2 heterocycles. The van der Waals surface area contributed by atoms with Gasteiger partial charge in [-0.25, -0.2) is 4.98 Å². The Morgan fingerprint density at radius 3 is 2.64 bits per heavy atom. The minimum absolute atomic E-state index is 0.0119. The van der Waals surface area contributed by atoms with Crippen LogP contribution in [0, 0.1) is 0 Å². The Kier molecular flexibility index (Phi) is 3.76. The number of carbonyl (C=O) groups excluding carboxylic acids is 1. The van der Waals surface area contributed by atoms with Crippen LogP contribution in [-0.2, 0) is 6.42 Å². The number of rotatable bonds is 4. The first-order valence-electron chi connectivity index (χ1n) is 8.33. The van der Waals surface area contributed by atoms with E-state index >= 15 is 0 Å². The molecule has 2 aromatic carbocycles. The van der Waals surface area contributed by atoms with E-state index in [9.17, 15) is 4.79 Å². The average Bonchev–Trinajstić information content (AvgIpc) is 3.28. The Morgan fingerprint density at radius 2 is 1.92 bits per heavy atom. The molecular weight excluding hydrogens is 312 g/mol. The van der Waals surface area contributed by atoms with Crippen LogP contribution in [0.1, 0.15) is 16.2 Å². The first-order chi connectivity index (χ1) is 12.1. The zero-order valence-corrected chi connectivity index (χ0v) is 14.3. The number of hydrogen-bond acceptors (Lipinski definition) is 4. The second-order valence-corrected chi connectivity index (χ2v) is 6.45. The third-order valence-electron chi connectivity index (χ3n) is 4.59. The summed E-state index contributed by atoms with van der Waals surface area (Å²) in [6, 6.07) is 15.9. The molecule has 126 valence electrons. The number of para-hydroxylation sites is 1. The highest BCUT2D eigenvalue weighted by atomic mass is 16.1. The van der Waals surface area contributed by atoms with Crippen molar-refractivity contribution in [3.05, 3.63) is 72.3 Å². The van der Waals surface area contributed by atoms with Gasteiger partial charge in [0.05, 0.1) is 6.04 Å². The number of Topliss-reactive ketones (excluding diaryl/α,β-unsaturated/α-hetero) is 1. The van der Waals surface area contributed by atoms with Crippen LogP contribution in [0.25, 0.3) is 5.69 Å². The molecule has 0 radical (unpaired) electrons. The van der Waals surface area contributed by atoms with Gasteiger partial charge in [-0.2, -0.15) is 0 Å². The van der Waals surface area contributed by atoms with Crippen LogP contribution in [0.3, 0.4) is 0 Å². The summed E-state index contributed by atoms with van der Waals surface area (Å²) in [6.07, 6.45) is 4.20. The van der Waals surface area contributed by atoms with Gasteiger partial charge in [-0.05, 0) is 35.9 Å². The monoisotopic (exact) mass is 332 g/mol. The summed E-state index contributed by atoms with van der Waals surface area (Å²) >= 11 is 0. The standard InChI is InChI=1S/C20H20N4O/c1-23(2)15-7-9-16(10-8-15)24-12-11-21-20(24)19(25)18-13-14-5-3-4-6-17(14)22-18/h3-12,18,22H,13H2,1-2H3. The van der Waals surface area contributed by atoms with Gasteiger partial charge in [0.25, 0.3) is 0 Å². The molecule has 0 saturated heterocycles. The van der Waals surface area contributed by atoms with Gasteiger partial charge in [-0.3, -0.25) is 9.36 Å². The fourth-order valence-electron chi connectivity index (χ4n) is 3.22. The number of imidazole rings is 1.